The maximum atomic E-state index is 13.0. The summed E-state index contributed by atoms with van der Waals surface area (Å²) < 4.78 is 17.5. The molecule has 0 saturated carbocycles. The van der Waals surface area contributed by atoms with Gasteiger partial charge in [0, 0.05) is 5.02 Å². The number of benzene rings is 1. The molecule has 0 saturated heterocycles. The fraction of sp³-hybridized carbons (Fsp3) is 0. The molecule has 7 nitrogen and oxygen atoms in total. The van der Waals surface area contributed by atoms with Crippen molar-refractivity contribution in [1.82, 2.24) is 9.55 Å². The van der Waals surface area contributed by atoms with Crippen LogP contribution < -0.4 is 11.2 Å². The van der Waals surface area contributed by atoms with Crippen LogP contribution in [-0.4, -0.2) is 21.6 Å². The van der Waals surface area contributed by atoms with Crippen molar-refractivity contribution < 1.29 is 18.7 Å². The lowest BCUT2D eigenvalue weighted by Crippen LogP contribution is -2.36. The number of aromatic nitrogens is 2. The number of carbonyl (C=O) groups is 2. The Morgan fingerprint density at radius 2 is 1.81 bits per heavy atom. The van der Waals surface area contributed by atoms with Gasteiger partial charge in [0.1, 0.15) is 0 Å². The van der Waals surface area contributed by atoms with Crippen LogP contribution in [0.3, 0.4) is 0 Å². The monoisotopic (exact) mass is 312 g/mol. The normalized spacial score (nSPS) is 10.2. The summed E-state index contributed by atoms with van der Waals surface area (Å²) in [5.74, 6) is -2.43. The van der Waals surface area contributed by atoms with Crippen molar-refractivity contribution in [3.63, 3.8) is 0 Å². The summed E-state index contributed by atoms with van der Waals surface area (Å²) in [6.07, 6.45) is -1.12. The number of carbonyl (C=O) groups excluding carboxylic acids is 2. The number of nitrogens with one attached hydrogen (secondary N) is 1. The van der Waals surface area contributed by atoms with Gasteiger partial charge in [0.05, 0.1) is 11.8 Å². The summed E-state index contributed by atoms with van der Waals surface area (Å²) in [6.45, 7) is 0. The van der Waals surface area contributed by atoms with E-state index >= 15 is 0 Å². The first kappa shape index (κ1) is 14.7. The van der Waals surface area contributed by atoms with Crippen molar-refractivity contribution in [1.29, 1.82) is 0 Å². The van der Waals surface area contributed by atoms with E-state index in [1.54, 1.807) is 4.98 Å². The highest BCUT2D eigenvalue weighted by molar-refractivity contribution is 6.30. The minimum atomic E-state index is -1.45. The molecule has 0 atom stereocenters. The molecule has 9 heteroatoms. The Morgan fingerprint density at radius 1 is 1.19 bits per heavy atom. The number of halogens is 2. The van der Waals surface area contributed by atoms with Gasteiger partial charge < -0.3 is 4.74 Å². The lowest BCUT2D eigenvalue weighted by molar-refractivity contribution is 0.0622. The van der Waals surface area contributed by atoms with Crippen LogP contribution in [0.15, 0.2) is 40.1 Å². The zero-order valence-corrected chi connectivity index (χ0v) is 10.9. The van der Waals surface area contributed by atoms with Crippen LogP contribution in [0, 0.1) is 5.82 Å². The van der Waals surface area contributed by atoms with E-state index in [0.717, 1.165) is 0 Å². The number of rotatable bonds is 1. The van der Waals surface area contributed by atoms with E-state index in [1.807, 2.05) is 0 Å². The van der Waals surface area contributed by atoms with Gasteiger partial charge in [0.25, 0.3) is 5.56 Å². The van der Waals surface area contributed by atoms with Crippen LogP contribution in [-0.2, 0) is 4.74 Å². The molecule has 1 N–H and O–H groups in total. The van der Waals surface area contributed by atoms with Crippen LogP contribution in [0.4, 0.5) is 9.18 Å². The van der Waals surface area contributed by atoms with Crippen LogP contribution in [0.25, 0.3) is 0 Å². The number of hydrogen-bond acceptors (Lipinski definition) is 5. The maximum absolute atomic E-state index is 13.0. The molecule has 0 radical (unpaired) electrons. The van der Waals surface area contributed by atoms with Gasteiger partial charge in [-0.1, -0.05) is 11.6 Å². The van der Waals surface area contributed by atoms with Crippen LogP contribution in [0.2, 0.25) is 5.02 Å². The minimum Gasteiger partial charge on any atom is -0.372 e. The molecule has 21 heavy (non-hydrogen) atoms. The van der Waals surface area contributed by atoms with Gasteiger partial charge in [-0.15, -0.1) is 0 Å². The highest BCUT2D eigenvalue weighted by Crippen LogP contribution is 2.10. The summed E-state index contributed by atoms with van der Waals surface area (Å²) in [5, 5.41) is 0.372. The van der Waals surface area contributed by atoms with Gasteiger partial charge in [-0.2, -0.15) is 8.96 Å². The molecule has 2 rings (SSSR count). The van der Waals surface area contributed by atoms with E-state index in [0.29, 0.717) is 11.2 Å². The predicted octanol–water partition coefficient (Wildman–Crippen LogP) is 1.15. The largest absolute Gasteiger partial charge is 0.430 e. The zero-order chi connectivity index (χ0) is 15.6. The molecule has 1 aromatic heterocycles. The van der Waals surface area contributed by atoms with E-state index in [4.69, 9.17) is 11.6 Å². The van der Waals surface area contributed by atoms with E-state index in [-0.39, 0.29) is 10.1 Å². The average Bonchev–Trinajstić information content (AvgIpc) is 2.43. The van der Waals surface area contributed by atoms with E-state index in [1.165, 1.54) is 24.3 Å². The molecule has 0 aliphatic carbocycles. The van der Waals surface area contributed by atoms with Gasteiger partial charge in [0.15, 0.2) is 0 Å². The first-order valence-corrected chi connectivity index (χ1v) is 5.80. The molecule has 0 fully saturated rings. The Bertz CT molecular complexity index is 825. The molecule has 0 aliphatic heterocycles. The predicted molar refractivity (Wildman–Crippen MR) is 68.9 cm³/mol. The molecule has 1 aromatic carbocycles. The second-order valence-corrected chi connectivity index (χ2v) is 4.21. The first-order valence-electron chi connectivity index (χ1n) is 5.42. The lowest BCUT2D eigenvalue weighted by Gasteiger charge is -2.04. The molecule has 2 aromatic rings. The standard InChI is InChI=1S/C12H6ClFN2O5/c13-7-3-1-6(2-4-7)10(18)21-12(20)16-5-8(14)9(17)15-11(16)19/h1-5H,(H,15,17,19). The molecule has 0 spiro atoms. The summed E-state index contributed by atoms with van der Waals surface area (Å²) in [4.78, 5) is 46.9. The maximum Gasteiger partial charge on any atom is 0.430 e. The molecule has 0 aliphatic rings. The molecular formula is C12H6ClFN2O5. The third-order valence-corrected chi connectivity index (χ3v) is 2.61. The minimum absolute atomic E-state index is 0.00527. The number of hydrogen-bond donors (Lipinski definition) is 1. The number of aromatic amines is 1. The first-order chi connectivity index (χ1) is 9.88. The van der Waals surface area contributed by atoms with Crippen LogP contribution >= 0.6 is 11.6 Å². The van der Waals surface area contributed by atoms with Gasteiger partial charge in [-0.05, 0) is 24.3 Å². The van der Waals surface area contributed by atoms with E-state index in [9.17, 15) is 23.6 Å². The van der Waals surface area contributed by atoms with Crippen molar-refractivity contribution >= 4 is 23.7 Å². The molecule has 0 amide bonds. The third kappa shape index (κ3) is 3.23. The van der Waals surface area contributed by atoms with Gasteiger partial charge in [-0.25, -0.2) is 14.4 Å². The van der Waals surface area contributed by atoms with Gasteiger partial charge >= 0.3 is 17.8 Å². The molecule has 0 unspecified atom stereocenters. The van der Waals surface area contributed by atoms with E-state index < -0.39 is 29.1 Å². The number of nitrogens with zero attached hydrogens (tertiary/aromatic N) is 1. The zero-order valence-electron chi connectivity index (χ0n) is 10.1. The summed E-state index contributed by atoms with van der Waals surface area (Å²) in [7, 11) is 0. The number of ether oxygens (including phenoxy) is 1. The second-order valence-electron chi connectivity index (χ2n) is 3.77. The number of H-pyrrole nitrogens is 1. The highest BCUT2D eigenvalue weighted by atomic mass is 35.5. The summed E-state index contributed by atoms with van der Waals surface area (Å²) in [5.41, 5.74) is -2.51. The second kappa shape index (κ2) is 5.71. The SMILES string of the molecule is O=C(OC(=O)n1cc(F)c(=O)[nH]c1=O)c1ccc(Cl)cc1. The Hall–Kier alpha value is -2.74. The lowest BCUT2D eigenvalue weighted by atomic mass is 10.2. The number of esters is 1. The smallest absolute Gasteiger partial charge is 0.372 e. The molecule has 0 bridgehead atoms. The molecule has 1 heterocycles. The van der Waals surface area contributed by atoms with Crippen LogP contribution in [0.5, 0.6) is 0 Å². The third-order valence-electron chi connectivity index (χ3n) is 2.36. The van der Waals surface area contributed by atoms with E-state index in [2.05, 4.69) is 4.74 Å². The van der Waals surface area contributed by atoms with Crippen molar-refractivity contribution in [3.8, 4) is 0 Å². The highest BCUT2D eigenvalue weighted by Gasteiger charge is 2.17. The Balaban J connectivity index is 2.24. The molecule has 108 valence electrons. The van der Waals surface area contributed by atoms with Crippen molar-refractivity contribution in [2.24, 2.45) is 0 Å². The quantitative estimate of drug-likeness (QED) is 0.629. The van der Waals surface area contributed by atoms with Crippen molar-refractivity contribution in [3.05, 3.63) is 67.7 Å². The van der Waals surface area contributed by atoms with Crippen LogP contribution in [0.1, 0.15) is 10.4 Å². The van der Waals surface area contributed by atoms with Gasteiger partial charge in [0.2, 0.25) is 5.82 Å². The Labute approximate surface area is 120 Å². The fourth-order valence-corrected chi connectivity index (χ4v) is 1.48. The fourth-order valence-electron chi connectivity index (χ4n) is 1.36. The average molecular weight is 313 g/mol. The summed E-state index contributed by atoms with van der Waals surface area (Å²) in [6, 6.07) is 5.39. The molecular weight excluding hydrogens is 307 g/mol. The Morgan fingerprint density at radius 3 is 2.43 bits per heavy atom. The Kier molecular flexibility index (Phi) is 3.99. The summed E-state index contributed by atoms with van der Waals surface area (Å²) >= 11 is 5.63. The topological polar surface area (TPSA) is 98.2 Å². The van der Waals surface area contributed by atoms with Gasteiger partial charge in [-0.3, -0.25) is 9.78 Å². The van der Waals surface area contributed by atoms with Crippen molar-refractivity contribution in [2.75, 3.05) is 0 Å². The van der Waals surface area contributed by atoms with Crippen molar-refractivity contribution in [2.45, 2.75) is 0 Å².